The van der Waals surface area contributed by atoms with E-state index >= 15 is 0 Å². The van der Waals surface area contributed by atoms with Crippen LogP contribution in [0, 0.1) is 6.92 Å². The topological polar surface area (TPSA) is 97.6 Å². The van der Waals surface area contributed by atoms with Crippen LogP contribution in [0.25, 0.3) is 22.9 Å². The van der Waals surface area contributed by atoms with E-state index in [9.17, 15) is 8.78 Å². The number of nitrogens with zero attached hydrogens (tertiary/aromatic N) is 7. The van der Waals surface area contributed by atoms with Gasteiger partial charge in [-0.25, -0.2) is 24.6 Å². The first kappa shape index (κ1) is 24.2. The SMILES string of the molecule is COc1ccc(-c2nc(C3(C)CCN(c4ncnc5c4C=C(c4cnn(C(F)F)c4)C5)CC3)[nH]c2C)cn1. The number of hydrogen-bond acceptors (Lipinski definition) is 7. The molecule has 1 N–H and O–H groups in total. The van der Waals surface area contributed by atoms with Gasteiger partial charge in [-0.05, 0) is 37.5 Å². The molecule has 196 valence electrons. The van der Waals surface area contributed by atoms with Crippen molar-refractivity contribution >= 4 is 17.5 Å². The molecule has 38 heavy (non-hydrogen) atoms. The molecule has 0 spiro atoms. The number of allylic oxidation sites excluding steroid dienone is 1. The quantitative estimate of drug-likeness (QED) is 0.391. The maximum absolute atomic E-state index is 13.0. The smallest absolute Gasteiger partial charge is 0.333 e. The third-order valence-electron chi connectivity index (χ3n) is 7.64. The van der Waals surface area contributed by atoms with Crippen molar-refractivity contribution in [2.75, 3.05) is 25.1 Å². The summed E-state index contributed by atoms with van der Waals surface area (Å²) in [5.41, 5.74) is 6.21. The van der Waals surface area contributed by atoms with Gasteiger partial charge in [0.15, 0.2) is 0 Å². The number of hydrogen-bond donors (Lipinski definition) is 1. The predicted octanol–water partition coefficient (Wildman–Crippen LogP) is 4.83. The van der Waals surface area contributed by atoms with Crippen LogP contribution in [0.15, 0.2) is 37.1 Å². The van der Waals surface area contributed by atoms with Crippen LogP contribution in [0.5, 0.6) is 5.88 Å². The van der Waals surface area contributed by atoms with E-state index < -0.39 is 6.55 Å². The molecule has 0 atom stereocenters. The minimum atomic E-state index is -2.66. The molecular weight excluding hydrogens is 490 g/mol. The van der Waals surface area contributed by atoms with Crippen LogP contribution < -0.4 is 9.64 Å². The lowest BCUT2D eigenvalue weighted by Crippen LogP contribution is -2.42. The number of alkyl halides is 2. The molecule has 1 aliphatic carbocycles. The standard InChI is InChI=1S/C27H28F2N8O/c1-16-23(17-4-5-22(38-3)30-12-17)35-25(34-16)27(2)6-8-36(9-7-27)24-20-10-18(11-21(20)31-15-32-24)19-13-33-37(14-19)26(28)29/h4-5,10,12-15,26H,6-9,11H2,1-3H3,(H,34,35). The van der Waals surface area contributed by atoms with E-state index in [0.29, 0.717) is 22.5 Å². The highest BCUT2D eigenvalue weighted by molar-refractivity contribution is 5.90. The molecule has 4 aromatic heterocycles. The van der Waals surface area contributed by atoms with Crippen molar-refractivity contribution in [3.63, 3.8) is 0 Å². The summed E-state index contributed by atoms with van der Waals surface area (Å²) in [6.45, 7) is 3.25. The largest absolute Gasteiger partial charge is 0.481 e. The van der Waals surface area contributed by atoms with Gasteiger partial charge in [0.1, 0.15) is 18.0 Å². The summed E-state index contributed by atoms with van der Waals surface area (Å²) in [6, 6.07) is 3.81. The number of nitrogens with one attached hydrogen (secondary N) is 1. The van der Waals surface area contributed by atoms with Crippen LogP contribution in [0.3, 0.4) is 0 Å². The Morgan fingerprint density at radius 2 is 1.89 bits per heavy atom. The van der Waals surface area contributed by atoms with Crippen molar-refractivity contribution in [2.24, 2.45) is 0 Å². The summed E-state index contributed by atoms with van der Waals surface area (Å²) < 4.78 is 31.8. The van der Waals surface area contributed by atoms with E-state index in [-0.39, 0.29) is 5.41 Å². The van der Waals surface area contributed by atoms with Crippen LogP contribution >= 0.6 is 0 Å². The number of rotatable bonds is 6. The zero-order chi connectivity index (χ0) is 26.4. The first-order valence-electron chi connectivity index (χ1n) is 12.5. The molecule has 0 bridgehead atoms. The Morgan fingerprint density at radius 1 is 1.08 bits per heavy atom. The molecule has 11 heteroatoms. The van der Waals surface area contributed by atoms with Crippen molar-refractivity contribution in [1.82, 2.24) is 34.7 Å². The first-order chi connectivity index (χ1) is 18.3. The summed E-state index contributed by atoms with van der Waals surface area (Å²) in [5.74, 6) is 2.43. The lowest BCUT2D eigenvalue weighted by Gasteiger charge is -2.39. The monoisotopic (exact) mass is 518 g/mol. The fraction of sp³-hybridized carbons (Fsp3) is 0.370. The Hall–Kier alpha value is -4.15. The summed E-state index contributed by atoms with van der Waals surface area (Å²) in [4.78, 5) is 24.2. The highest BCUT2D eigenvalue weighted by Gasteiger charge is 2.36. The minimum Gasteiger partial charge on any atom is -0.481 e. The molecule has 1 aliphatic heterocycles. The fourth-order valence-electron chi connectivity index (χ4n) is 5.28. The normalized spacial score (nSPS) is 16.6. The maximum Gasteiger partial charge on any atom is 0.333 e. The van der Waals surface area contributed by atoms with E-state index in [4.69, 9.17) is 9.72 Å². The van der Waals surface area contributed by atoms with Gasteiger partial charge in [0, 0.05) is 65.8 Å². The van der Waals surface area contributed by atoms with Crippen molar-refractivity contribution in [3.05, 3.63) is 65.4 Å². The number of aryl methyl sites for hydroxylation is 1. The Bertz CT molecular complexity index is 1500. The molecule has 0 aromatic carbocycles. The summed E-state index contributed by atoms with van der Waals surface area (Å²) in [5, 5.41) is 3.78. The zero-order valence-corrected chi connectivity index (χ0v) is 21.4. The van der Waals surface area contributed by atoms with Gasteiger partial charge in [0.05, 0.1) is 24.7 Å². The van der Waals surface area contributed by atoms with E-state index in [2.05, 4.69) is 36.9 Å². The number of methoxy groups -OCH3 is 1. The number of H-pyrrole nitrogens is 1. The highest BCUT2D eigenvalue weighted by Crippen LogP contribution is 2.40. The molecule has 5 heterocycles. The van der Waals surface area contributed by atoms with Crippen molar-refractivity contribution in [3.8, 4) is 17.1 Å². The number of pyridine rings is 1. The Kier molecular flexibility index (Phi) is 5.93. The van der Waals surface area contributed by atoms with Crippen LogP contribution in [0.4, 0.5) is 14.6 Å². The van der Waals surface area contributed by atoms with Gasteiger partial charge < -0.3 is 14.6 Å². The lowest BCUT2D eigenvalue weighted by molar-refractivity contribution is 0.0566. The predicted molar refractivity (Wildman–Crippen MR) is 139 cm³/mol. The average molecular weight is 519 g/mol. The molecule has 0 radical (unpaired) electrons. The van der Waals surface area contributed by atoms with Gasteiger partial charge in [0.25, 0.3) is 0 Å². The van der Waals surface area contributed by atoms with Gasteiger partial charge >= 0.3 is 6.55 Å². The molecule has 0 amide bonds. The number of aromatic nitrogens is 7. The highest BCUT2D eigenvalue weighted by atomic mass is 19.3. The summed E-state index contributed by atoms with van der Waals surface area (Å²) >= 11 is 0. The molecule has 6 rings (SSSR count). The number of anilines is 1. The minimum absolute atomic E-state index is 0.111. The molecular formula is C27H28F2N8O. The van der Waals surface area contributed by atoms with Crippen LogP contribution in [0.2, 0.25) is 0 Å². The van der Waals surface area contributed by atoms with Crippen LogP contribution in [-0.4, -0.2) is 54.9 Å². The van der Waals surface area contributed by atoms with Crippen molar-refractivity contribution in [2.45, 2.75) is 45.1 Å². The Morgan fingerprint density at radius 3 is 2.58 bits per heavy atom. The second-order valence-electron chi connectivity index (χ2n) is 10.1. The Balaban J connectivity index is 1.20. The molecule has 0 unspecified atom stereocenters. The second-order valence-corrected chi connectivity index (χ2v) is 10.1. The van der Waals surface area contributed by atoms with E-state index in [1.165, 1.54) is 12.4 Å². The molecule has 0 saturated carbocycles. The number of halogens is 2. The number of imidazole rings is 1. The maximum atomic E-state index is 13.0. The number of piperidine rings is 1. The molecule has 9 nitrogen and oxygen atoms in total. The zero-order valence-electron chi connectivity index (χ0n) is 21.4. The van der Waals surface area contributed by atoms with Crippen LogP contribution in [-0.2, 0) is 11.8 Å². The second kappa shape index (κ2) is 9.30. The molecule has 4 aromatic rings. The van der Waals surface area contributed by atoms with E-state index in [0.717, 1.165) is 71.4 Å². The average Bonchev–Trinajstić information content (AvgIpc) is 3.67. The summed E-state index contributed by atoms with van der Waals surface area (Å²) in [7, 11) is 1.60. The number of aromatic amines is 1. The van der Waals surface area contributed by atoms with Gasteiger partial charge in [0.2, 0.25) is 5.88 Å². The molecule has 1 fully saturated rings. The van der Waals surface area contributed by atoms with Gasteiger partial charge in [-0.15, -0.1) is 0 Å². The fourth-order valence-corrected chi connectivity index (χ4v) is 5.28. The van der Waals surface area contributed by atoms with Crippen molar-refractivity contribution < 1.29 is 13.5 Å². The first-order valence-corrected chi connectivity index (χ1v) is 12.5. The summed E-state index contributed by atoms with van der Waals surface area (Å²) in [6.07, 6.45) is 10.6. The van der Waals surface area contributed by atoms with Gasteiger partial charge in [-0.3, -0.25) is 0 Å². The van der Waals surface area contributed by atoms with Gasteiger partial charge in [-0.1, -0.05) is 6.92 Å². The van der Waals surface area contributed by atoms with E-state index in [1.807, 2.05) is 25.1 Å². The van der Waals surface area contributed by atoms with Crippen LogP contribution in [0.1, 0.15) is 54.7 Å². The van der Waals surface area contributed by atoms with E-state index in [1.54, 1.807) is 19.6 Å². The van der Waals surface area contributed by atoms with Crippen molar-refractivity contribution in [1.29, 1.82) is 0 Å². The lowest BCUT2D eigenvalue weighted by atomic mass is 9.79. The number of fused-ring (bicyclic) bond motifs is 1. The third kappa shape index (κ3) is 4.21. The molecule has 1 saturated heterocycles. The molecule has 2 aliphatic rings. The van der Waals surface area contributed by atoms with Gasteiger partial charge in [-0.2, -0.15) is 13.9 Å². The Labute approximate surface area is 218 Å². The third-order valence-corrected chi connectivity index (χ3v) is 7.64. The number of ether oxygens (including phenoxy) is 1.